The fourth-order valence-electron chi connectivity index (χ4n) is 3.84. The van der Waals surface area contributed by atoms with Gasteiger partial charge in [0.2, 0.25) is 15.9 Å². The molecule has 2 aromatic carbocycles. The SMILES string of the molecule is CC(=O)Nc1ccc(C)cc1NC(=O)c1cc(C)c(C)c(S(=O)(=O)N2CCC(C)CC2)c1. The van der Waals surface area contributed by atoms with Gasteiger partial charge in [-0.25, -0.2) is 8.42 Å². The highest BCUT2D eigenvalue weighted by molar-refractivity contribution is 7.89. The molecule has 1 saturated heterocycles. The number of nitrogens with zero attached hydrogens (tertiary/aromatic N) is 1. The predicted octanol–water partition coefficient (Wildman–Crippen LogP) is 4.24. The molecule has 1 aliphatic rings. The van der Waals surface area contributed by atoms with Crippen LogP contribution in [0.15, 0.2) is 35.2 Å². The van der Waals surface area contributed by atoms with E-state index in [1.54, 1.807) is 32.0 Å². The van der Waals surface area contributed by atoms with E-state index in [4.69, 9.17) is 0 Å². The second kappa shape index (κ2) is 9.42. The summed E-state index contributed by atoms with van der Waals surface area (Å²) in [5.74, 6) is -0.178. The molecule has 0 bridgehead atoms. The number of carbonyl (C=O) groups is 2. The minimum absolute atomic E-state index is 0.170. The van der Waals surface area contributed by atoms with Crippen molar-refractivity contribution in [1.82, 2.24) is 4.31 Å². The number of nitrogens with one attached hydrogen (secondary N) is 2. The highest BCUT2D eigenvalue weighted by Gasteiger charge is 2.30. The van der Waals surface area contributed by atoms with E-state index in [-0.39, 0.29) is 16.4 Å². The summed E-state index contributed by atoms with van der Waals surface area (Å²) in [6.07, 6.45) is 1.66. The molecule has 0 unspecified atom stereocenters. The molecule has 2 amide bonds. The van der Waals surface area contributed by atoms with Gasteiger partial charge in [0.1, 0.15) is 0 Å². The van der Waals surface area contributed by atoms with Gasteiger partial charge in [0.25, 0.3) is 5.91 Å². The minimum Gasteiger partial charge on any atom is -0.325 e. The van der Waals surface area contributed by atoms with Crippen LogP contribution < -0.4 is 10.6 Å². The van der Waals surface area contributed by atoms with E-state index < -0.39 is 15.9 Å². The average molecular weight is 458 g/mol. The summed E-state index contributed by atoms with van der Waals surface area (Å²) in [4.78, 5) is 24.8. The number of anilines is 2. The van der Waals surface area contributed by atoms with Crippen molar-refractivity contribution in [3.05, 3.63) is 52.6 Å². The quantitative estimate of drug-likeness (QED) is 0.702. The lowest BCUT2D eigenvalue weighted by molar-refractivity contribution is -0.114. The monoisotopic (exact) mass is 457 g/mol. The van der Waals surface area contributed by atoms with Gasteiger partial charge in [-0.15, -0.1) is 0 Å². The Morgan fingerprint density at radius 2 is 1.62 bits per heavy atom. The van der Waals surface area contributed by atoms with E-state index in [1.165, 1.54) is 17.3 Å². The van der Waals surface area contributed by atoms with E-state index in [0.29, 0.717) is 35.9 Å². The normalized spacial score (nSPS) is 15.4. The molecule has 0 radical (unpaired) electrons. The lowest BCUT2D eigenvalue weighted by atomic mass is 10.0. The molecule has 0 aromatic heterocycles. The van der Waals surface area contributed by atoms with Gasteiger partial charge in [-0.1, -0.05) is 13.0 Å². The molecule has 0 aliphatic carbocycles. The Balaban J connectivity index is 1.95. The zero-order valence-electron chi connectivity index (χ0n) is 19.3. The number of benzene rings is 2. The Morgan fingerprint density at radius 1 is 0.969 bits per heavy atom. The van der Waals surface area contributed by atoms with Gasteiger partial charge in [0.05, 0.1) is 16.3 Å². The third kappa shape index (κ3) is 5.19. The maximum atomic E-state index is 13.4. The summed E-state index contributed by atoms with van der Waals surface area (Å²) >= 11 is 0. The summed E-state index contributed by atoms with van der Waals surface area (Å²) < 4.78 is 28.3. The number of amides is 2. The van der Waals surface area contributed by atoms with Gasteiger partial charge in [-0.2, -0.15) is 4.31 Å². The van der Waals surface area contributed by atoms with Crippen molar-refractivity contribution in [2.45, 2.75) is 52.4 Å². The van der Waals surface area contributed by atoms with Crippen molar-refractivity contribution in [2.24, 2.45) is 5.92 Å². The molecule has 2 aromatic rings. The maximum Gasteiger partial charge on any atom is 0.255 e. The molecule has 1 fully saturated rings. The van der Waals surface area contributed by atoms with E-state index in [2.05, 4.69) is 17.6 Å². The first-order chi connectivity index (χ1) is 15.0. The minimum atomic E-state index is -3.70. The summed E-state index contributed by atoms with van der Waals surface area (Å²) in [5, 5.41) is 5.53. The van der Waals surface area contributed by atoms with Crippen molar-refractivity contribution in [1.29, 1.82) is 0 Å². The molecule has 7 nitrogen and oxygen atoms in total. The smallest absolute Gasteiger partial charge is 0.255 e. The number of carbonyl (C=O) groups excluding carboxylic acids is 2. The molecule has 0 saturated carbocycles. The van der Waals surface area contributed by atoms with Crippen LogP contribution in [0.25, 0.3) is 0 Å². The predicted molar refractivity (Wildman–Crippen MR) is 127 cm³/mol. The zero-order valence-corrected chi connectivity index (χ0v) is 20.1. The van der Waals surface area contributed by atoms with Crippen molar-refractivity contribution in [3.8, 4) is 0 Å². The zero-order chi connectivity index (χ0) is 23.6. The number of hydrogen-bond donors (Lipinski definition) is 2. The van der Waals surface area contributed by atoms with Crippen molar-refractivity contribution >= 4 is 33.2 Å². The van der Waals surface area contributed by atoms with Crippen LogP contribution in [0.5, 0.6) is 0 Å². The van der Waals surface area contributed by atoms with Crippen LogP contribution in [0.2, 0.25) is 0 Å². The van der Waals surface area contributed by atoms with Crippen LogP contribution >= 0.6 is 0 Å². The Hall–Kier alpha value is -2.71. The summed E-state index contributed by atoms with van der Waals surface area (Å²) in [6.45, 7) is 9.96. The van der Waals surface area contributed by atoms with Gasteiger partial charge in [-0.3, -0.25) is 9.59 Å². The van der Waals surface area contributed by atoms with Gasteiger partial charge in [0.15, 0.2) is 0 Å². The van der Waals surface area contributed by atoms with Gasteiger partial charge in [-0.05, 0) is 80.5 Å². The lowest BCUT2D eigenvalue weighted by Gasteiger charge is -2.30. The van der Waals surface area contributed by atoms with Crippen LogP contribution in [-0.2, 0) is 14.8 Å². The molecule has 2 N–H and O–H groups in total. The summed E-state index contributed by atoms with van der Waals surface area (Å²) in [6, 6.07) is 8.46. The number of rotatable bonds is 5. The molecule has 0 spiro atoms. The van der Waals surface area contributed by atoms with Gasteiger partial charge in [0, 0.05) is 25.6 Å². The Bertz CT molecular complexity index is 1150. The van der Waals surface area contributed by atoms with Gasteiger partial charge >= 0.3 is 0 Å². The van der Waals surface area contributed by atoms with Crippen LogP contribution in [-0.4, -0.2) is 37.6 Å². The Kier molecular flexibility index (Phi) is 7.05. The fourth-order valence-corrected chi connectivity index (χ4v) is 5.64. The first kappa shape index (κ1) is 23.9. The molecular weight excluding hydrogens is 426 g/mol. The Morgan fingerprint density at radius 3 is 2.25 bits per heavy atom. The molecule has 172 valence electrons. The van der Waals surface area contributed by atoms with Crippen LogP contribution in [0.4, 0.5) is 11.4 Å². The highest BCUT2D eigenvalue weighted by atomic mass is 32.2. The second-order valence-corrected chi connectivity index (χ2v) is 10.6. The molecule has 8 heteroatoms. The number of sulfonamides is 1. The largest absolute Gasteiger partial charge is 0.325 e. The first-order valence-corrected chi connectivity index (χ1v) is 12.2. The molecule has 1 aliphatic heterocycles. The molecule has 3 rings (SSSR count). The van der Waals surface area contributed by atoms with Crippen LogP contribution in [0.3, 0.4) is 0 Å². The maximum absolute atomic E-state index is 13.4. The number of piperidine rings is 1. The fraction of sp³-hybridized carbons (Fsp3) is 0.417. The second-order valence-electron chi connectivity index (χ2n) is 8.69. The van der Waals surface area contributed by atoms with Crippen molar-refractivity contribution < 1.29 is 18.0 Å². The number of aryl methyl sites for hydroxylation is 2. The van der Waals surface area contributed by atoms with Crippen LogP contribution in [0.1, 0.15) is 53.7 Å². The third-order valence-corrected chi connectivity index (χ3v) is 8.00. The average Bonchev–Trinajstić information content (AvgIpc) is 2.71. The number of hydrogen-bond acceptors (Lipinski definition) is 4. The van der Waals surface area contributed by atoms with Crippen LogP contribution in [0, 0.1) is 26.7 Å². The van der Waals surface area contributed by atoms with E-state index in [1.807, 2.05) is 13.0 Å². The molecular formula is C24H31N3O4S. The highest BCUT2D eigenvalue weighted by Crippen LogP contribution is 2.29. The van der Waals surface area contributed by atoms with Crippen molar-refractivity contribution in [2.75, 3.05) is 23.7 Å². The lowest BCUT2D eigenvalue weighted by Crippen LogP contribution is -2.38. The van der Waals surface area contributed by atoms with E-state index >= 15 is 0 Å². The summed E-state index contributed by atoms with van der Waals surface area (Å²) in [7, 11) is -3.70. The van der Waals surface area contributed by atoms with Gasteiger partial charge < -0.3 is 10.6 Å². The molecule has 0 atom stereocenters. The standard InChI is InChI=1S/C24H31N3O4S/c1-15-8-10-27(11-9-15)32(30,31)23-14-20(13-17(3)18(23)4)24(29)26-22-12-16(2)6-7-21(22)25-19(5)28/h6-7,12-15H,8-11H2,1-5H3,(H,25,28)(H,26,29). The first-order valence-electron chi connectivity index (χ1n) is 10.8. The Labute approximate surface area is 190 Å². The van der Waals surface area contributed by atoms with E-state index in [0.717, 1.165) is 24.0 Å². The summed E-state index contributed by atoms with van der Waals surface area (Å²) in [5.41, 5.74) is 3.49. The molecule has 1 heterocycles. The topological polar surface area (TPSA) is 95.6 Å². The van der Waals surface area contributed by atoms with E-state index in [9.17, 15) is 18.0 Å². The third-order valence-electron chi connectivity index (χ3n) is 5.98. The molecule has 32 heavy (non-hydrogen) atoms. The van der Waals surface area contributed by atoms with Crippen molar-refractivity contribution in [3.63, 3.8) is 0 Å².